The highest BCUT2D eigenvalue weighted by molar-refractivity contribution is 6.70. The molecule has 0 atom stereocenters. The van der Waals surface area contributed by atoms with Gasteiger partial charge in [-0.2, -0.15) is 0 Å². The van der Waals surface area contributed by atoms with E-state index in [1.165, 1.54) is 12.3 Å². The van der Waals surface area contributed by atoms with Crippen molar-refractivity contribution in [3.63, 3.8) is 0 Å². The number of halogens is 2. The zero-order chi connectivity index (χ0) is 9.14. The number of aromatic nitrogens is 1. The topological polar surface area (TPSA) is 71.5 Å². The van der Waals surface area contributed by atoms with Crippen molar-refractivity contribution in [3.05, 3.63) is 22.8 Å². The van der Waals surface area contributed by atoms with E-state index >= 15 is 0 Å². The van der Waals surface area contributed by atoms with Gasteiger partial charge in [-0.05, 0) is 6.07 Å². The average Bonchev–Trinajstić information content (AvgIpc) is 2.08. The van der Waals surface area contributed by atoms with Crippen molar-refractivity contribution < 1.29 is 5.21 Å². The van der Waals surface area contributed by atoms with Crippen LogP contribution in [0.2, 0.25) is 5.02 Å². The zero-order valence-electron chi connectivity index (χ0n) is 5.83. The average molecular weight is 206 g/mol. The maximum absolute atomic E-state index is 8.33. The summed E-state index contributed by atoms with van der Waals surface area (Å²) >= 11 is 11.1. The van der Waals surface area contributed by atoms with Crippen LogP contribution in [0.3, 0.4) is 0 Å². The standard InChI is InChI=1S/C6H5Cl2N3O/c7-3-1-4(5(8)11-12)6(9)10-2-3/h1-2,12H,(H2,9,10)/b11-5-. The highest BCUT2D eigenvalue weighted by Gasteiger charge is 2.06. The van der Waals surface area contributed by atoms with Crippen molar-refractivity contribution in [2.75, 3.05) is 5.73 Å². The van der Waals surface area contributed by atoms with E-state index in [2.05, 4.69) is 10.1 Å². The molecule has 1 aromatic rings. The Morgan fingerprint density at radius 1 is 1.67 bits per heavy atom. The molecule has 4 nitrogen and oxygen atoms in total. The molecule has 0 aliphatic carbocycles. The minimum atomic E-state index is -0.137. The number of nitrogens with zero attached hydrogens (tertiary/aromatic N) is 2. The van der Waals surface area contributed by atoms with Gasteiger partial charge in [0, 0.05) is 6.20 Å². The Morgan fingerprint density at radius 2 is 2.33 bits per heavy atom. The van der Waals surface area contributed by atoms with Gasteiger partial charge >= 0.3 is 0 Å². The van der Waals surface area contributed by atoms with Crippen LogP contribution in [0.5, 0.6) is 0 Å². The second-order valence-corrected chi connectivity index (χ2v) is 2.77. The normalized spacial score (nSPS) is 11.7. The molecule has 3 N–H and O–H groups in total. The number of hydrogen-bond acceptors (Lipinski definition) is 4. The molecule has 64 valence electrons. The maximum atomic E-state index is 8.33. The molecule has 1 aromatic heterocycles. The fraction of sp³-hybridized carbons (Fsp3) is 0. The van der Waals surface area contributed by atoms with Crippen LogP contribution in [0.4, 0.5) is 5.82 Å². The van der Waals surface area contributed by atoms with Crippen molar-refractivity contribution in [3.8, 4) is 0 Å². The van der Waals surface area contributed by atoms with Gasteiger partial charge in [0.25, 0.3) is 0 Å². The van der Waals surface area contributed by atoms with E-state index in [4.69, 9.17) is 34.1 Å². The second-order valence-electron chi connectivity index (χ2n) is 1.98. The van der Waals surface area contributed by atoms with Gasteiger partial charge in [-0.25, -0.2) is 4.98 Å². The van der Waals surface area contributed by atoms with Crippen LogP contribution in [-0.4, -0.2) is 15.4 Å². The summed E-state index contributed by atoms with van der Waals surface area (Å²) < 4.78 is 0. The Labute approximate surface area is 78.6 Å². The highest BCUT2D eigenvalue weighted by Crippen LogP contribution is 2.16. The lowest BCUT2D eigenvalue weighted by molar-refractivity contribution is 0.321. The molecule has 1 rings (SSSR count). The fourth-order valence-electron chi connectivity index (χ4n) is 0.669. The third-order valence-electron chi connectivity index (χ3n) is 1.20. The number of oxime groups is 1. The lowest BCUT2D eigenvalue weighted by Crippen LogP contribution is -2.01. The molecule has 0 fully saturated rings. The van der Waals surface area contributed by atoms with Crippen LogP contribution < -0.4 is 5.73 Å². The fourth-order valence-corrected chi connectivity index (χ4v) is 0.978. The van der Waals surface area contributed by atoms with Crippen molar-refractivity contribution in [2.45, 2.75) is 0 Å². The van der Waals surface area contributed by atoms with Crippen molar-refractivity contribution in [2.24, 2.45) is 5.16 Å². The van der Waals surface area contributed by atoms with E-state index in [1.54, 1.807) is 0 Å². The molecule has 0 saturated heterocycles. The first-order valence-electron chi connectivity index (χ1n) is 2.94. The van der Waals surface area contributed by atoms with Crippen LogP contribution in [0.25, 0.3) is 0 Å². The van der Waals surface area contributed by atoms with Gasteiger partial charge in [0.2, 0.25) is 0 Å². The summed E-state index contributed by atoms with van der Waals surface area (Å²) in [5.41, 5.74) is 5.73. The molecular formula is C6H5Cl2N3O. The maximum Gasteiger partial charge on any atom is 0.179 e. The number of pyridine rings is 1. The second kappa shape index (κ2) is 3.60. The van der Waals surface area contributed by atoms with Gasteiger partial charge in [-0.1, -0.05) is 28.4 Å². The van der Waals surface area contributed by atoms with E-state index in [9.17, 15) is 0 Å². The summed E-state index contributed by atoms with van der Waals surface area (Å²) in [6.45, 7) is 0. The Hall–Kier alpha value is -1.00. The van der Waals surface area contributed by atoms with Gasteiger partial charge in [-0.3, -0.25) is 0 Å². The molecule has 0 aliphatic heterocycles. The molecule has 0 aromatic carbocycles. The zero-order valence-corrected chi connectivity index (χ0v) is 7.34. The minimum Gasteiger partial charge on any atom is -0.410 e. The third-order valence-corrected chi connectivity index (χ3v) is 1.68. The molecule has 1 heterocycles. The van der Waals surface area contributed by atoms with Crippen molar-refractivity contribution >= 4 is 34.2 Å². The summed E-state index contributed by atoms with van der Waals surface area (Å²) in [5, 5.41) is 11.3. The first-order chi connectivity index (χ1) is 5.65. The molecule has 0 saturated carbocycles. The number of anilines is 1. The van der Waals surface area contributed by atoms with Crippen LogP contribution in [0.1, 0.15) is 5.56 Å². The van der Waals surface area contributed by atoms with Crippen LogP contribution in [0.15, 0.2) is 17.4 Å². The summed E-state index contributed by atoms with van der Waals surface area (Å²) in [5.74, 6) is 0.169. The van der Waals surface area contributed by atoms with Gasteiger partial charge in [0.05, 0.1) is 10.6 Å². The Morgan fingerprint density at radius 3 is 2.92 bits per heavy atom. The monoisotopic (exact) mass is 205 g/mol. The number of nitrogen functional groups attached to an aromatic ring is 1. The van der Waals surface area contributed by atoms with E-state index in [1.807, 2.05) is 0 Å². The third kappa shape index (κ3) is 1.78. The molecule has 0 aliphatic rings. The summed E-state index contributed by atoms with van der Waals surface area (Å²) in [4.78, 5) is 3.72. The smallest absolute Gasteiger partial charge is 0.179 e. The molecular weight excluding hydrogens is 201 g/mol. The van der Waals surface area contributed by atoms with Gasteiger partial charge < -0.3 is 10.9 Å². The molecule has 6 heteroatoms. The first kappa shape index (κ1) is 9.09. The summed E-state index contributed by atoms with van der Waals surface area (Å²) in [7, 11) is 0. The first-order valence-corrected chi connectivity index (χ1v) is 3.69. The summed E-state index contributed by atoms with van der Waals surface area (Å²) in [6, 6.07) is 1.46. The molecule has 12 heavy (non-hydrogen) atoms. The van der Waals surface area contributed by atoms with Gasteiger partial charge in [-0.15, -0.1) is 0 Å². The van der Waals surface area contributed by atoms with Crippen LogP contribution in [0, 0.1) is 0 Å². The molecule has 0 unspecified atom stereocenters. The van der Waals surface area contributed by atoms with Crippen LogP contribution in [-0.2, 0) is 0 Å². The Balaban J connectivity index is 3.23. The molecule has 0 amide bonds. The number of nitrogens with two attached hydrogens (primary N) is 1. The van der Waals surface area contributed by atoms with E-state index in [-0.39, 0.29) is 11.0 Å². The lowest BCUT2D eigenvalue weighted by Gasteiger charge is -2.00. The lowest BCUT2D eigenvalue weighted by atomic mass is 10.3. The highest BCUT2D eigenvalue weighted by atomic mass is 35.5. The minimum absolute atomic E-state index is 0.137. The van der Waals surface area contributed by atoms with Gasteiger partial charge in [0.15, 0.2) is 5.17 Å². The van der Waals surface area contributed by atoms with Gasteiger partial charge in [0.1, 0.15) is 5.82 Å². The predicted molar refractivity (Wildman–Crippen MR) is 47.8 cm³/mol. The number of rotatable bonds is 1. The van der Waals surface area contributed by atoms with Crippen LogP contribution >= 0.6 is 23.2 Å². The Bertz CT molecular complexity index is 327. The van der Waals surface area contributed by atoms with E-state index < -0.39 is 0 Å². The summed E-state index contributed by atoms with van der Waals surface area (Å²) in [6.07, 6.45) is 1.38. The quantitative estimate of drug-likeness (QED) is 0.417. The SMILES string of the molecule is Nc1ncc(Cl)cc1/C(Cl)=N/O. The van der Waals surface area contributed by atoms with Crippen molar-refractivity contribution in [1.82, 2.24) is 4.98 Å². The van der Waals surface area contributed by atoms with E-state index in [0.29, 0.717) is 10.6 Å². The predicted octanol–water partition coefficient (Wildman–Crippen LogP) is 1.69. The molecule has 0 bridgehead atoms. The molecule has 0 radical (unpaired) electrons. The number of hydrogen-bond donors (Lipinski definition) is 2. The molecule has 0 spiro atoms. The van der Waals surface area contributed by atoms with Crippen molar-refractivity contribution in [1.29, 1.82) is 0 Å². The van der Waals surface area contributed by atoms with E-state index in [0.717, 1.165) is 0 Å². The Kier molecular flexibility index (Phi) is 2.73. The largest absolute Gasteiger partial charge is 0.410 e.